The number of alkyl halides is 3. The van der Waals surface area contributed by atoms with Gasteiger partial charge in [-0.15, -0.1) is 13.2 Å². The molecule has 1 atom stereocenters. The summed E-state index contributed by atoms with van der Waals surface area (Å²) in [5.74, 6) is 0.204. The van der Waals surface area contributed by atoms with Crippen LogP contribution in [0.3, 0.4) is 0 Å². The van der Waals surface area contributed by atoms with Crippen LogP contribution in [0.2, 0.25) is 5.02 Å². The normalized spacial score (nSPS) is 12.5. The van der Waals surface area contributed by atoms with Gasteiger partial charge < -0.3 is 14.6 Å². The number of amides is 1. The summed E-state index contributed by atoms with van der Waals surface area (Å²) in [5.41, 5.74) is 2.92. The highest BCUT2D eigenvalue weighted by Crippen LogP contribution is 2.25. The van der Waals surface area contributed by atoms with Gasteiger partial charge in [-0.1, -0.05) is 35.9 Å². The zero-order valence-corrected chi connectivity index (χ0v) is 21.4. The van der Waals surface area contributed by atoms with Crippen LogP contribution in [0, 0.1) is 0 Å². The van der Waals surface area contributed by atoms with E-state index in [4.69, 9.17) is 11.6 Å². The van der Waals surface area contributed by atoms with E-state index in [1.165, 1.54) is 12.1 Å². The predicted octanol–water partition coefficient (Wildman–Crippen LogP) is 6.60. The molecule has 1 amide bonds. The van der Waals surface area contributed by atoms with Gasteiger partial charge >= 0.3 is 6.36 Å². The number of carbonyl (C=O) groups is 1. The zero-order valence-electron chi connectivity index (χ0n) is 19.0. The van der Waals surface area contributed by atoms with Gasteiger partial charge in [-0.25, -0.2) is 9.97 Å². The molecule has 1 unspecified atom stereocenters. The Kier molecular flexibility index (Phi) is 7.85. The van der Waals surface area contributed by atoms with Crippen molar-refractivity contribution in [2.24, 2.45) is 0 Å². The van der Waals surface area contributed by atoms with Crippen LogP contribution in [0.15, 0.2) is 65.3 Å². The van der Waals surface area contributed by atoms with Crippen molar-refractivity contribution < 1.29 is 22.7 Å². The molecule has 11 heteroatoms. The first-order valence-electron chi connectivity index (χ1n) is 11.0. The smallest absolute Gasteiger partial charge is 0.406 e. The molecular formula is C25H21BrClF3N4O2. The minimum atomic E-state index is -4.75. The molecule has 0 spiro atoms. The molecule has 4 rings (SSSR count). The molecule has 2 heterocycles. The first-order chi connectivity index (χ1) is 17.1. The maximum Gasteiger partial charge on any atom is 0.573 e. The number of aromatic nitrogens is 3. The first kappa shape index (κ1) is 26.0. The predicted molar refractivity (Wildman–Crippen MR) is 134 cm³/mol. The Morgan fingerprint density at radius 1 is 1.17 bits per heavy atom. The van der Waals surface area contributed by atoms with Gasteiger partial charge in [0.1, 0.15) is 17.1 Å². The van der Waals surface area contributed by atoms with E-state index >= 15 is 0 Å². The Hall–Kier alpha value is -3.11. The molecule has 0 fully saturated rings. The van der Waals surface area contributed by atoms with Crippen molar-refractivity contribution in [3.63, 3.8) is 0 Å². The van der Waals surface area contributed by atoms with Crippen LogP contribution in [0.25, 0.3) is 11.2 Å². The number of fused-ring (bicyclic) bond motifs is 1. The molecule has 0 aliphatic carbocycles. The summed E-state index contributed by atoms with van der Waals surface area (Å²) < 4.78 is 44.0. The van der Waals surface area contributed by atoms with Gasteiger partial charge in [-0.05, 0) is 64.3 Å². The minimum Gasteiger partial charge on any atom is -0.406 e. The number of ether oxygens (including phenoxy) is 1. The average molecular weight is 582 g/mol. The van der Waals surface area contributed by atoms with E-state index < -0.39 is 6.36 Å². The monoisotopic (exact) mass is 580 g/mol. The van der Waals surface area contributed by atoms with Crippen LogP contribution in [0.4, 0.5) is 13.2 Å². The summed E-state index contributed by atoms with van der Waals surface area (Å²) in [6.45, 7) is 2.21. The Morgan fingerprint density at radius 2 is 1.86 bits per heavy atom. The minimum absolute atomic E-state index is 0.140. The van der Waals surface area contributed by atoms with E-state index in [9.17, 15) is 18.0 Å². The van der Waals surface area contributed by atoms with Crippen LogP contribution < -0.4 is 10.1 Å². The molecule has 1 N–H and O–H groups in total. The molecule has 6 nitrogen and oxygen atoms in total. The Bertz CT molecular complexity index is 1360. The molecule has 4 aromatic rings. The molecule has 0 aliphatic rings. The number of imidazole rings is 1. The Balaban J connectivity index is 1.49. The number of hydrogen-bond donors (Lipinski definition) is 1. The standard InChI is InChI=1S/C25H21BrClF3N4O2/c1-15(17-4-6-19(27)7-5-17)32-23(35)11-10-22-33-21-12-18(26)13-31-24(21)34(22)14-16-2-8-20(9-3-16)36-25(28,29)30/h2-9,12-13,15H,10-11,14H2,1H3,(H,32,35). The van der Waals surface area contributed by atoms with Crippen molar-refractivity contribution in [2.45, 2.75) is 38.7 Å². The summed E-state index contributed by atoms with van der Waals surface area (Å²) in [4.78, 5) is 21.8. The van der Waals surface area contributed by atoms with Crippen LogP contribution in [0.1, 0.15) is 36.3 Å². The van der Waals surface area contributed by atoms with Gasteiger partial charge in [-0.3, -0.25) is 4.79 Å². The van der Waals surface area contributed by atoms with Crippen molar-refractivity contribution >= 4 is 44.6 Å². The molecule has 2 aromatic heterocycles. The van der Waals surface area contributed by atoms with E-state index in [1.54, 1.807) is 30.5 Å². The fourth-order valence-electron chi connectivity index (χ4n) is 3.74. The van der Waals surface area contributed by atoms with E-state index in [0.29, 0.717) is 35.0 Å². The van der Waals surface area contributed by atoms with Crippen LogP contribution in [0.5, 0.6) is 5.75 Å². The topological polar surface area (TPSA) is 69.0 Å². The zero-order chi connectivity index (χ0) is 25.9. The Morgan fingerprint density at radius 3 is 2.53 bits per heavy atom. The summed E-state index contributed by atoms with van der Waals surface area (Å²) in [5, 5.41) is 3.60. The number of nitrogens with zero attached hydrogens (tertiary/aromatic N) is 3. The number of rotatable bonds is 8. The second-order valence-corrected chi connectivity index (χ2v) is 9.50. The number of aryl methyl sites for hydroxylation is 1. The first-order valence-corrected chi connectivity index (χ1v) is 12.1. The van der Waals surface area contributed by atoms with Gasteiger partial charge in [0.2, 0.25) is 5.91 Å². The van der Waals surface area contributed by atoms with Gasteiger partial charge in [0.25, 0.3) is 0 Å². The molecule has 0 saturated heterocycles. The third-order valence-corrected chi connectivity index (χ3v) is 6.14. The average Bonchev–Trinajstić information content (AvgIpc) is 3.14. The van der Waals surface area contributed by atoms with E-state index in [2.05, 4.69) is 36.0 Å². The van der Waals surface area contributed by atoms with E-state index in [-0.39, 0.29) is 24.1 Å². The van der Waals surface area contributed by atoms with Crippen molar-refractivity contribution in [2.75, 3.05) is 0 Å². The fourth-order valence-corrected chi connectivity index (χ4v) is 4.19. The second-order valence-electron chi connectivity index (χ2n) is 8.14. The molecule has 0 saturated carbocycles. The highest BCUT2D eigenvalue weighted by molar-refractivity contribution is 9.10. The number of nitrogens with one attached hydrogen (secondary N) is 1. The molecule has 2 aromatic carbocycles. The van der Waals surface area contributed by atoms with Gasteiger partial charge in [0.05, 0.1) is 12.6 Å². The maximum atomic E-state index is 12.7. The lowest BCUT2D eigenvalue weighted by molar-refractivity contribution is -0.274. The second kappa shape index (κ2) is 10.9. The van der Waals surface area contributed by atoms with E-state index in [0.717, 1.165) is 15.6 Å². The lowest BCUT2D eigenvalue weighted by Crippen LogP contribution is -2.27. The largest absolute Gasteiger partial charge is 0.573 e. The van der Waals surface area contributed by atoms with Crippen molar-refractivity contribution in [3.8, 4) is 5.75 Å². The summed E-state index contributed by atoms with van der Waals surface area (Å²) in [6.07, 6.45) is -2.56. The summed E-state index contributed by atoms with van der Waals surface area (Å²) >= 11 is 9.32. The van der Waals surface area contributed by atoms with Crippen molar-refractivity contribution in [1.29, 1.82) is 0 Å². The molecule has 0 radical (unpaired) electrons. The number of carbonyl (C=O) groups excluding carboxylic acids is 1. The molecule has 0 bridgehead atoms. The maximum absolute atomic E-state index is 12.7. The highest BCUT2D eigenvalue weighted by atomic mass is 79.9. The lowest BCUT2D eigenvalue weighted by Gasteiger charge is -2.15. The SMILES string of the molecule is CC(NC(=O)CCc1nc2cc(Br)cnc2n1Cc1ccc(OC(F)(F)F)cc1)c1ccc(Cl)cc1. The number of hydrogen-bond acceptors (Lipinski definition) is 4. The number of pyridine rings is 1. The highest BCUT2D eigenvalue weighted by Gasteiger charge is 2.31. The van der Waals surface area contributed by atoms with Gasteiger partial charge in [0, 0.05) is 28.5 Å². The Labute approximate surface area is 218 Å². The third-order valence-electron chi connectivity index (χ3n) is 5.45. The van der Waals surface area contributed by atoms with Gasteiger partial charge in [-0.2, -0.15) is 0 Å². The lowest BCUT2D eigenvalue weighted by atomic mass is 10.1. The molecule has 36 heavy (non-hydrogen) atoms. The van der Waals surface area contributed by atoms with Crippen LogP contribution >= 0.6 is 27.5 Å². The molecule has 188 valence electrons. The number of benzene rings is 2. The quantitative estimate of drug-likeness (QED) is 0.254. The van der Waals surface area contributed by atoms with Crippen LogP contribution in [-0.2, 0) is 17.8 Å². The van der Waals surface area contributed by atoms with Gasteiger partial charge in [0.15, 0.2) is 5.65 Å². The molecule has 0 aliphatic heterocycles. The summed E-state index contributed by atoms with van der Waals surface area (Å²) in [7, 11) is 0. The molecular weight excluding hydrogens is 561 g/mol. The third kappa shape index (κ3) is 6.76. The summed E-state index contributed by atoms with van der Waals surface area (Å²) in [6, 6.07) is 14.5. The van der Waals surface area contributed by atoms with Crippen molar-refractivity contribution in [1.82, 2.24) is 19.9 Å². The fraction of sp³-hybridized carbons (Fsp3) is 0.240. The van der Waals surface area contributed by atoms with Crippen molar-refractivity contribution in [3.05, 3.63) is 87.2 Å². The van der Waals surface area contributed by atoms with Crippen LogP contribution in [-0.4, -0.2) is 26.8 Å². The number of halogens is 5. The van der Waals surface area contributed by atoms with E-state index in [1.807, 2.05) is 29.7 Å².